The van der Waals surface area contributed by atoms with Crippen molar-refractivity contribution in [3.05, 3.63) is 41.5 Å². The number of aromatic carboxylic acids is 1. The Hall–Kier alpha value is -2.10. The van der Waals surface area contributed by atoms with E-state index in [0.29, 0.717) is 18.5 Å². The van der Waals surface area contributed by atoms with Gasteiger partial charge in [0.05, 0.1) is 5.56 Å². The van der Waals surface area contributed by atoms with E-state index in [1.807, 2.05) is 6.07 Å². The summed E-state index contributed by atoms with van der Waals surface area (Å²) in [6.45, 7) is 2.43. The Labute approximate surface area is 106 Å². The van der Waals surface area contributed by atoms with E-state index in [0.717, 1.165) is 17.7 Å². The lowest BCUT2D eigenvalue weighted by atomic mass is 9.96. The number of hydrogen-bond donors (Lipinski definition) is 1. The second-order valence-corrected chi connectivity index (χ2v) is 4.20. The van der Waals surface area contributed by atoms with Crippen molar-refractivity contribution in [2.75, 3.05) is 11.4 Å². The van der Waals surface area contributed by atoms with Crippen LogP contribution < -0.4 is 4.90 Å². The van der Waals surface area contributed by atoms with Crippen LogP contribution in [0.2, 0.25) is 0 Å². The molecule has 0 spiro atoms. The number of rotatable bonds is 2. The summed E-state index contributed by atoms with van der Waals surface area (Å²) >= 11 is 0. The molecule has 0 fully saturated rings. The molecule has 18 heavy (non-hydrogen) atoms. The van der Waals surface area contributed by atoms with Crippen molar-refractivity contribution < 1.29 is 14.7 Å². The fourth-order valence-corrected chi connectivity index (χ4v) is 2.29. The number of fused-ring (bicyclic) bond motifs is 1. The molecular weight excluding hydrogens is 230 g/mol. The van der Waals surface area contributed by atoms with Crippen LogP contribution in [0.1, 0.15) is 29.3 Å². The van der Waals surface area contributed by atoms with Crippen LogP contribution in [0.3, 0.4) is 0 Å². The molecule has 1 aromatic rings. The summed E-state index contributed by atoms with van der Waals surface area (Å²) in [5.41, 5.74) is 1.78. The Morgan fingerprint density at radius 1 is 1.39 bits per heavy atom. The molecule has 2 rings (SSSR count). The number of anilines is 1. The van der Waals surface area contributed by atoms with Crippen molar-refractivity contribution in [1.82, 2.24) is 0 Å². The van der Waals surface area contributed by atoms with Gasteiger partial charge in [0.25, 0.3) is 5.91 Å². The smallest absolute Gasteiger partial charge is 0.336 e. The van der Waals surface area contributed by atoms with Gasteiger partial charge in [-0.25, -0.2) is 4.79 Å². The zero-order valence-corrected chi connectivity index (χ0v) is 10.2. The Morgan fingerprint density at radius 2 is 2.17 bits per heavy atom. The molecule has 0 saturated carbocycles. The summed E-state index contributed by atoms with van der Waals surface area (Å²) in [6.07, 6.45) is 4.69. The van der Waals surface area contributed by atoms with Crippen LogP contribution in [-0.4, -0.2) is 23.5 Å². The van der Waals surface area contributed by atoms with E-state index >= 15 is 0 Å². The molecule has 0 bridgehead atoms. The average Bonchev–Trinajstić information content (AvgIpc) is 2.37. The van der Waals surface area contributed by atoms with E-state index < -0.39 is 5.97 Å². The van der Waals surface area contributed by atoms with Gasteiger partial charge in [-0.3, -0.25) is 4.79 Å². The maximum absolute atomic E-state index is 11.9. The van der Waals surface area contributed by atoms with E-state index in [4.69, 9.17) is 5.11 Å². The topological polar surface area (TPSA) is 57.6 Å². The quantitative estimate of drug-likeness (QED) is 0.813. The van der Waals surface area contributed by atoms with Crippen molar-refractivity contribution in [2.45, 2.75) is 19.8 Å². The van der Waals surface area contributed by atoms with Gasteiger partial charge in [0.2, 0.25) is 0 Å². The van der Waals surface area contributed by atoms with Gasteiger partial charge in [-0.15, -0.1) is 0 Å². The fraction of sp³-hybridized carbons (Fsp3) is 0.286. The maximum atomic E-state index is 11.9. The Bertz CT molecular complexity index is 520. The van der Waals surface area contributed by atoms with Crippen LogP contribution in [0, 0.1) is 0 Å². The molecule has 0 aliphatic carbocycles. The molecule has 4 heteroatoms. The molecule has 0 saturated heterocycles. The largest absolute Gasteiger partial charge is 0.478 e. The SMILES string of the molecule is CC=CC(=O)N1CCCc2c(C(=O)O)cccc21. The first-order valence-corrected chi connectivity index (χ1v) is 5.94. The number of allylic oxidation sites excluding steroid dienone is 1. The number of carbonyl (C=O) groups excluding carboxylic acids is 1. The summed E-state index contributed by atoms with van der Waals surface area (Å²) in [6, 6.07) is 5.08. The first-order chi connectivity index (χ1) is 8.65. The molecule has 0 aromatic heterocycles. The van der Waals surface area contributed by atoms with Gasteiger partial charge in [-0.2, -0.15) is 0 Å². The molecule has 0 unspecified atom stereocenters. The molecule has 0 atom stereocenters. The second kappa shape index (κ2) is 5.04. The number of amides is 1. The Balaban J connectivity index is 2.47. The van der Waals surface area contributed by atoms with Gasteiger partial charge in [0.15, 0.2) is 0 Å². The minimum Gasteiger partial charge on any atom is -0.478 e. The zero-order valence-electron chi connectivity index (χ0n) is 10.2. The number of carbonyl (C=O) groups is 2. The van der Waals surface area contributed by atoms with Crippen molar-refractivity contribution in [3.8, 4) is 0 Å². The average molecular weight is 245 g/mol. The lowest BCUT2D eigenvalue weighted by molar-refractivity contribution is -0.114. The van der Waals surface area contributed by atoms with Crippen LogP contribution in [0.25, 0.3) is 0 Å². The molecule has 94 valence electrons. The summed E-state index contributed by atoms with van der Waals surface area (Å²) in [7, 11) is 0. The first kappa shape index (κ1) is 12.4. The van der Waals surface area contributed by atoms with E-state index in [1.165, 1.54) is 6.08 Å². The molecule has 1 aromatic carbocycles. The second-order valence-electron chi connectivity index (χ2n) is 4.20. The number of nitrogens with zero attached hydrogens (tertiary/aromatic N) is 1. The summed E-state index contributed by atoms with van der Waals surface area (Å²) in [5.74, 6) is -1.03. The van der Waals surface area contributed by atoms with Gasteiger partial charge < -0.3 is 10.0 Å². The minimum atomic E-state index is -0.938. The van der Waals surface area contributed by atoms with Crippen molar-refractivity contribution >= 4 is 17.6 Å². The highest BCUT2D eigenvalue weighted by molar-refractivity contribution is 6.03. The van der Waals surface area contributed by atoms with Gasteiger partial charge in [0.1, 0.15) is 0 Å². The summed E-state index contributed by atoms with van der Waals surface area (Å²) in [4.78, 5) is 24.7. The van der Waals surface area contributed by atoms with E-state index in [2.05, 4.69) is 0 Å². The van der Waals surface area contributed by atoms with Crippen molar-refractivity contribution in [3.63, 3.8) is 0 Å². The van der Waals surface area contributed by atoms with Crippen LogP contribution in [0.4, 0.5) is 5.69 Å². The highest BCUT2D eigenvalue weighted by Gasteiger charge is 2.24. The normalized spacial score (nSPS) is 14.6. The summed E-state index contributed by atoms with van der Waals surface area (Å²) in [5, 5.41) is 9.15. The standard InChI is InChI=1S/C14H15NO3/c1-2-5-13(16)15-9-4-7-10-11(14(17)18)6-3-8-12(10)15/h2-3,5-6,8H,4,7,9H2,1H3,(H,17,18). The van der Waals surface area contributed by atoms with Crippen molar-refractivity contribution in [2.24, 2.45) is 0 Å². The number of carboxylic acid groups (broad SMARTS) is 1. The predicted octanol–water partition coefficient (Wildman–Crippen LogP) is 2.24. The van der Waals surface area contributed by atoms with E-state index in [9.17, 15) is 9.59 Å². The molecular formula is C14H15NO3. The fourth-order valence-electron chi connectivity index (χ4n) is 2.29. The van der Waals surface area contributed by atoms with Crippen molar-refractivity contribution in [1.29, 1.82) is 0 Å². The number of benzene rings is 1. The van der Waals surface area contributed by atoms with Crippen LogP contribution in [0.15, 0.2) is 30.4 Å². The molecule has 1 N–H and O–H groups in total. The third kappa shape index (κ3) is 2.14. The predicted molar refractivity (Wildman–Crippen MR) is 68.9 cm³/mol. The van der Waals surface area contributed by atoms with E-state index in [-0.39, 0.29) is 5.91 Å². The molecule has 1 amide bonds. The van der Waals surface area contributed by atoms with Gasteiger partial charge in [-0.1, -0.05) is 12.1 Å². The molecule has 1 aliphatic rings. The van der Waals surface area contributed by atoms with Gasteiger partial charge in [0, 0.05) is 12.2 Å². The molecule has 0 radical (unpaired) electrons. The minimum absolute atomic E-state index is 0.0963. The van der Waals surface area contributed by atoms with Crippen LogP contribution in [0.5, 0.6) is 0 Å². The van der Waals surface area contributed by atoms with Gasteiger partial charge >= 0.3 is 5.97 Å². The monoisotopic (exact) mass is 245 g/mol. The van der Waals surface area contributed by atoms with E-state index in [1.54, 1.807) is 30.0 Å². The Kier molecular flexibility index (Phi) is 3.46. The Morgan fingerprint density at radius 3 is 2.83 bits per heavy atom. The van der Waals surface area contributed by atoms with Crippen LogP contribution >= 0.6 is 0 Å². The maximum Gasteiger partial charge on any atom is 0.336 e. The highest BCUT2D eigenvalue weighted by Crippen LogP contribution is 2.30. The highest BCUT2D eigenvalue weighted by atomic mass is 16.4. The zero-order chi connectivity index (χ0) is 13.1. The third-order valence-electron chi connectivity index (χ3n) is 3.06. The first-order valence-electron chi connectivity index (χ1n) is 5.94. The van der Waals surface area contributed by atoms with Gasteiger partial charge in [-0.05, 0) is 43.5 Å². The third-order valence-corrected chi connectivity index (χ3v) is 3.06. The lowest BCUT2D eigenvalue weighted by Crippen LogP contribution is -2.34. The molecule has 1 heterocycles. The van der Waals surface area contributed by atoms with Crippen LogP contribution in [-0.2, 0) is 11.2 Å². The molecule has 4 nitrogen and oxygen atoms in total. The number of carboxylic acids is 1. The lowest BCUT2D eigenvalue weighted by Gasteiger charge is -2.29. The molecule has 1 aliphatic heterocycles. The number of hydrogen-bond acceptors (Lipinski definition) is 2. The summed E-state index contributed by atoms with van der Waals surface area (Å²) < 4.78 is 0.